The van der Waals surface area contributed by atoms with E-state index in [-0.39, 0.29) is 11.7 Å². The second kappa shape index (κ2) is 5.26. The molecule has 2 N–H and O–H groups in total. The number of carbonyl (C=O) groups is 1. The second-order valence-corrected chi connectivity index (χ2v) is 6.85. The molecule has 0 saturated carbocycles. The monoisotopic (exact) mass is 286 g/mol. The van der Waals surface area contributed by atoms with Crippen LogP contribution in [0.25, 0.3) is 0 Å². The molecule has 0 aromatic heterocycles. The summed E-state index contributed by atoms with van der Waals surface area (Å²) < 4.78 is 35.0. The highest BCUT2D eigenvalue weighted by atomic mass is 32.2. The molecule has 5 nitrogen and oxygen atoms in total. The van der Waals surface area contributed by atoms with Gasteiger partial charge in [-0.3, -0.25) is 4.79 Å². The van der Waals surface area contributed by atoms with Crippen molar-refractivity contribution in [3.8, 4) is 0 Å². The Bertz CT molecular complexity index is 601. The molecule has 2 rings (SSSR count). The first-order valence-corrected chi connectivity index (χ1v) is 7.94. The summed E-state index contributed by atoms with van der Waals surface area (Å²) in [6, 6.07) is 3.57. The van der Waals surface area contributed by atoms with Crippen LogP contribution >= 0.6 is 0 Å². The third-order valence-corrected chi connectivity index (χ3v) is 3.92. The Morgan fingerprint density at radius 2 is 2.16 bits per heavy atom. The highest BCUT2D eigenvalue weighted by molar-refractivity contribution is 7.90. The van der Waals surface area contributed by atoms with Crippen molar-refractivity contribution >= 4 is 21.4 Å². The molecule has 1 amide bonds. The minimum atomic E-state index is -2.99. The summed E-state index contributed by atoms with van der Waals surface area (Å²) in [6.45, 7) is 0.405. The van der Waals surface area contributed by atoms with Gasteiger partial charge in [0.2, 0.25) is 5.91 Å². The lowest BCUT2D eigenvalue weighted by Gasteiger charge is -2.10. The molecule has 1 aromatic carbocycles. The lowest BCUT2D eigenvalue weighted by molar-refractivity contribution is -0.117. The van der Waals surface area contributed by atoms with Crippen LogP contribution in [0.1, 0.15) is 18.0 Å². The van der Waals surface area contributed by atoms with Crippen molar-refractivity contribution < 1.29 is 17.6 Å². The van der Waals surface area contributed by atoms with Crippen molar-refractivity contribution in [2.24, 2.45) is 0 Å². The van der Waals surface area contributed by atoms with Crippen molar-refractivity contribution in [3.63, 3.8) is 0 Å². The zero-order chi connectivity index (χ0) is 14.0. The second-order valence-electron chi connectivity index (χ2n) is 4.59. The minimum absolute atomic E-state index is 0.0740. The lowest BCUT2D eigenvalue weighted by atomic mass is 10.1. The van der Waals surface area contributed by atoms with Crippen LogP contribution in [0.5, 0.6) is 0 Å². The average molecular weight is 286 g/mol. The molecule has 7 heteroatoms. The predicted molar refractivity (Wildman–Crippen MR) is 70.1 cm³/mol. The Hall–Kier alpha value is -1.47. The molecule has 0 fully saturated rings. The Morgan fingerprint density at radius 1 is 1.42 bits per heavy atom. The van der Waals surface area contributed by atoms with E-state index >= 15 is 0 Å². The van der Waals surface area contributed by atoms with E-state index < -0.39 is 21.7 Å². The van der Waals surface area contributed by atoms with Gasteiger partial charge in [0.05, 0.1) is 5.75 Å². The minimum Gasteiger partial charge on any atom is -0.324 e. The molecule has 0 radical (unpaired) electrons. The molecule has 19 heavy (non-hydrogen) atoms. The standard InChI is InChI=1S/C12H15FN2O3S/c1-19(17,18)6-2-5-14-11-9-4-3-8(13)7-10(9)15-12(11)16/h3-4,7,11,14H,2,5-6H2,1H3,(H,15,16). The molecular weight excluding hydrogens is 271 g/mol. The van der Waals surface area contributed by atoms with Gasteiger partial charge in [0.1, 0.15) is 21.7 Å². The van der Waals surface area contributed by atoms with E-state index in [0.29, 0.717) is 24.2 Å². The molecule has 0 aliphatic carbocycles. The van der Waals surface area contributed by atoms with Gasteiger partial charge < -0.3 is 10.6 Å². The van der Waals surface area contributed by atoms with Crippen molar-refractivity contribution in [2.75, 3.05) is 23.9 Å². The summed E-state index contributed by atoms with van der Waals surface area (Å²) in [7, 11) is -2.99. The highest BCUT2D eigenvalue weighted by Gasteiger charge is 2.30. The number of carbonyl (C=O) groups excluding carboxylic acids is 1. The molecule has 0 bridgehead atoms. The first-order chi connectivity index (χ1) is 8.87. The fourth-order valence-corrected chi connectivity index (χ4v) is 2.69. The molecule has 1 heterocycles. The van der Waals surface area contributed by atoms with Crippen molar-refractivity contribution in [1.29, 1.82) is 0 Å². The number of hydrogen-bond acceptors (Lipinski definition) is 4. The quantitative estimate of drug-likeness (QED) is 0.787. The zero-order valence-electron chi connectivity index (χ0n) is 10.4. The van der Waals surface area contributed by atoms with Gasteiger partial charge in [-0.2, -0.15) is 0 Å². The third-order valence-electron chi connectivity index (χ3n) is 2.89. The molecular formula is C12H15FN2O3S. The fraction of sp³-hybridized carbons (Fsp3) is 0.417. The number of sulfone groups is 1. The lowest BCUT2D eigenvalue weighted by Crippen LogP contribution is -2.29. The number of hydrogen-bond donors (Lipinski definition) is 2. The average Bonchev–Trinajstić information content (AvgIpc) is 2.58. The van der Waals surface area contributed by atoms with E-state index in [2.05, 4.69) is 10.6 Å². The van der Waals surface area contributed by atoms with Gasteiger partial charge in [0.15, 0.2) is 0 Å². The molecule has 1 unspecified atom stereocenters. The third kappa shape index (κ3) is 3.51. The first-order valence-electron chi connectivity index (χ1n) is 5.88. The maximum absolute atomic E-state index is 13.0. The van der Waals surface area contributed by atoms with Gasteiger partial charge in [-0.15, -0.1) is 0 Å². The van der Waals surface area contributed by atoms with E-state index in [1.165, 1.54) is 18.4 Å². The van der Waals surface area contributed by atoms with E-state index in [0.717, 1.165) is 0 Å². The van der Waals surface area contributed by atoms with E-state index in [1.54, 1.807) is 6.07 Å². The van der Waals surface area contributed by atoms with Gasteiger partial charge in [0.25, 0.3) is 0 Å². The van der Waals surface area contributed by atoms with Gasteiger partial charge in [-0.25, -0.2) is 12.8 Å². The smallest absolute Gasteiger partial charge is 0.246 e. The van der Waals surface area contributed by atoms with Crippen LogP contribution in [-0.2, 0) is 14.6 Å². The predicted octanol–water partition coefficient (Wildman–Crippen LogP) is 0.843. The van der Waals surface area contributed by atoms with Crippen molar-refractivity contribution in [3.05, 3.63) is 29.6 Å². The number of halogens is 1. The fourth-order valence-electron chi connectivity index (χ4n) is 2.02. The maximum atomic E-state index is 13.0. The first kappa shape index (κ1) is 14.0. The number of fused-ring (bicyclic) bond motifs is 1. The molecule has 1 aliphatic rings. The van der Waals surface area contributed by atoms with E-state index in [9.17, 15) is 17.6 Å². The highest BCUT2D eigenvalue weighted by Crippen LogP contribution is 2.30. The van der Waals surface area contributed by atoms with Gasteiger partial charge >= 0.3 is 0 Å². The molecule has 0 saturated heterocycles. The van der Waals surface area contributed by atoms with Crippen LogP contribution in [0.2, 0.25) is 0 Å². The van der Waals surface area contributed by atoms with E-state index in [1.807, 2.05) is 0 Å². The Balaban J connectivity index is 1.97. The van der Waals surface area contributed by atoms with Crippen molar-refractivity contribution in [1.82, 2.24) is 5.32 Å². The van der Waals surface area contributed by atoms with Crippen LogP contribution in [0.15, 0.2) is 18.2 Å². The van der Waals surface area contributed by atoms with E-state index in [4.69, 9.17) is 0 Å². The summed E-state index contributed by atoms with van der Waals surface area (Å²) in [5.41, 5.74) is 1.15. The van der Waals surface area contributed by atoms with Crippen LogP contribution < -0.4 is 10.6 Å². The molecule has 1 aliphatic heterocycles. The normalized spacial score (nSPS) is 18.2. The molecule has 1 atom stereocenters. The Kier molecular flexibility index (Phi) is 3.86. The van der Waals surface area contributed by atoms with Gasteiger partial charge in [-0.1, -0.05) is 6.07 Å². The van der Waals surface area contributed by atoms with Gasteiger partial charge in [0, 0.05) is 17.5 Å². The largest absolute Gasteiger partial charge is 0.324 e. The summed E-state index contributed by atoms with van der Waals surface area (Å²) in [6.07, 6.45) is 1.60. The molecule has 0 spiro atoms. The number of amides is 1. The summed E-state index contributed by atoms with van der Waals surface area (Å²) >= 11 is 0. The topological polar surface area (TPSA) is 75.3 Å². The van der Waals surface area contributed by atoms with Crippen LogP contribution in [-0.4, -0.2) is 32.9 Å². The summed E-state index contributed by atoms with van der Waals surface area (Å²) in [4.78, 5) is 11.7. The van der Waals surface area contributed by atoms with Crippen molar-refractivity contribution in [2.45, 2.75) is 12.5 Å². The number of anilines is 1. The Labute approximate surface area is 111 Å². The summed E-state index contributed by atoms with van der Waals surface area (Å²) in [5.74, 6) is -0.582. The molecule has 104 valence electrons. The SMILES string of the molecule is CS(=O)(=O)CCCNC1C(=O)Nc2cc(F)ccc21. The zero-order valence-corrected chi connectivity index (χ0v) is 11.3. The number of nitrogens with one attached hydrogen (secondary N) is 2. The van der Waals surface area contributed by atoms with Gasteiger partial charge in [-0.05, 0) is 25.1 Å². The number of benzene rings is 1. The maximum Gasteiger partial charge on any atom is 0.246 e. The molecule has 1 aromatic rings. The van der Waals surface area contributed by atoms with Crippen LogP contribution in [0.3, 0.4) is 0 Å². The Morgan fingerprint density at radius 3 is 2.84 bits per heavy atom. The summed E-state index contributed by atoms with van der Waals surface area (Å²) in [5, 5.41) is 5.57. The van der Waals surface area contributed by atoms with Crippen LogP contribution in [0.4, 0.5) is 10.1 Å². The number of rotatable bonds is 5. The van der Waals surface area contributed by atoms with Crippen LogP contribution in [0, 0.1) is 5.82 Å².